The van der Waals surface area contributed by atoms with Gasteiger partial charge in [0.05, 0.1) is 42.5 Å². The Morgan fingerprint density at radius 1 is 0.933 bits per heavy atom. The normalized spacial score (nSPS) is 15.7. The molecule has 0 aromatic heterocycles. The van der Waals surface area contributed by atoms with Crippen LogP contribution in [0.3, 0.4) is 0 Å². The quantitative estimate of drug-likeness (QED) is 0.150. The van der Waals surface area contributed by atoms with Gasteiger partial charge in [-0.15, -0.1) is 12.4 Å². The summed E-state index contributed by atoms with van der Waals surface area (Å²) < 4.78 is 16.2. The number of ether oxygens (including phenoxy) is 3. The number of hydrogen-bond acceptors (Lipinski definition) is 7. The van der Waals surface area contributed by atoms with Crippen LogP contribution in [0.4, 0.5) is 0 Å². The number of halogens is 3. The second kappa shape index (κ2) is 15.3. The van der Waals surface area contributed by atoms with E-state index in [0.29, 0.717) is 66.2 Å². The lowest BCUT2D eigenvalue weighted by Gasteiger charge is -2.41. The molecule has 1 fully saturated rings. The van der Waals surface area contributed by atoms with Crippen molar-refractivity contribution in [3.63, 3.8) is 0 Å². The van der Waals surface area contributed by atoms with E-state index in [0.717, 1.165) is 11.1 Å². The van der Waals surface area contributed by atoms with E-state index in [4.69, 9.17) is 48.6 Å². The Hall–Kier alpha value is -3.30. The van der Waals surface area contributed by atoms with Crippen LogP contribution in [0, 0.1) is 5.41 Å². The summed E-state index contributed by atoms with van der Waals surface area (Å²) in [4.78, 5) is 28.6. The zero-order chi connectivity index (χ0) is 32.1. The highest BCUT2D eigenvalue weighted by Gasteiger charge is 2.42. The first-order valence-electron chi connectivity index (χ1n) is 14.4. The van der Waals surface area contributed by atoms with Gasteiger partial charge in [-0.3, -0.25) is 9.59 Å². The number of hydrogen-bond donors (Lipinski definition) is 2. The van der Waals surface area contributed by atoms with Crippen LogP contribution in [0.2, 0.25) is 10.0 Å². The number of carbonyl (C=O) groups excluding carboxylic acids is 2. The van der Waals surface area contributed by atoms with E-state index in [1.165, 1.54) is 21.3 Å². The minimum Gasteiger partial charge on any atom is -0.493 e. The van der Waals surface area contributed by atoms with Gasteiger partial charge < -0.3 is 30.3 Å². The molecule has 3 aromatic carbocycles. The van der Waals surface area contributed by atoms with Crippen LogP contribution < -0.4 is 19.9 Å². The molecular weight excluding hydrogens is 637 g/mol. The van der Waals surface area contributed by atoms with E-state index >= 15 is 0 Å². The molecule has 11 heteroatoms. The average molecular weight is 677 g/mol. The Morgan fingerprint density at radius 3 is 2.04 bits per heavy atom. The molecule has 8 nitrogen and oxygen atoms in total. The minimum absolute atomic E-state index is 0. The summed E-state index contributed by atoms with van der Waals surface area (Å²) in [5.74, 6) is 0.295. The summed E-state index contributed by atoms with van der Waals surface area (Å²) in [5.41, 5.74) is 6.66. The molecule has 0 saturated carbocycles. The van der Waals surface area contributed by atoms with Crippen molar-refractivity contribution < 1.29 is 23.8 Å². The van der Waals surface area contributed by atoms with E-state index in [1.54, 1.807) is 18.2 Å². The summed E-state index contributed by atoms with van der Waals surface area (Å²) in [6.07, 6.45) is 2.02. The fraction of sp³-hybridized carbons (Fsp3) is 0.382. The molecule has 1 aliphatic rings. The first-order chi connectivity index (χ1) is 21.0. The second-order valence-electron chi connectivity index (χ2n) is 11.5. The number of rotatable bonds is 13. The molecule has 4 rings (SSSR count). The Labute approximate surface area is 281 Å². The Bertz CT molecular complexity index is 1500. The molecule has 1 unspecified atom stereocenters. The average Bonchev–Trinajstić information content (AvgIpc) is 3.04. The van der Waals surface area contributed by atoms with Crippen molar-refractivity contribution in [3.8, 4) is 17.2 Å². The summed E-state index contributed by atoms with van der Waals surface area (Å²) in [5, 5.41) is 9.76. The van der Waals surface area contributed by atoms with Crippen LogP contribution in [0.5, 0.6) is 17.2 Å². The molecule has 242 valence electrons. The van der Waals surface area contributed by atoms with Crippen LogP contribution >= 0.6 is 35.6 Å². The number of piperidine rings is 1. The number of benzene rings is 3. The summed E-state index contributed by atoms with van der Waals surface area (Å²) >= 11 is 12.7. The standard InChI is InChI=1S/C34H39Cl2N3O5.ClH/c1-33(24-10-11-25(35)26(36)20-24,21-27(37)30(40)22-18-28(42-2)31(44-4)29(19-22)43-3)12-15-39-16-13-34(14-17-39,32(38)41)23-8-6-5-7-9-23;/h5-11,18-20,37H,12-17,21H2,1-4H3,(H2,38,41);1H. The highest BCUT2D eigenvalue weighted by Crippen LogP contribution is 2.41. The largest absolute Gasteiger partial charge is 0.493 e. The van der Waals surface area contributed by atoms with Gasteiger partial charge in [-0.05, 0) is 79.7 Å². The first-order valence-corrected chi connectivity index (χ1v) is 15.2. The van der Waals surface area contributed by atoms with Crippen molar-refractivity contribution in [1.29, 1.82) is 5.41 Å². The third-order valence-electron chi connectivity index (χ3n) is 8.87. The molecule has 0 aliphatic carbocycles. The lowest BCUT2D eigenvalue weighted by molar-refractivity contribution is -0.125. The molecule has 45 heavy (non-hydrogen) atoms. The number of Topliss-reactive ketones (excluding diaryl/α,β-unsaturated/α-hetero) is 1. The molecular formula is C34H40Cl3N3O5. The predicted molar refractivity (Wildman–Crippen MR) is 181 cm³/mol. The number of nitrogens with two attached hydrogens (primary N) is 1. The van der Waals surface area contributed by atoms with Crippen molar-refractivity contribution in [2.24, 2.45) is 5.73 Å². The highest BCUT2D eigenvalue weighted by molar-refractivity contribution is 6.45. The zero-order valence-electron chi connectivity index (χ0n) is 26.0. The number of nitrogens with one attached hydrogen (secondary N) is 1. The van der Waals surface area contributed by atoms with Crippen LogP contribution in [-0.4, -0.2) is 63.3 Å². The Morgan fingerprint density at radius 2 is 1.53 bits per heavy atom. The number of primary amides is 1. The van der Waals surface area contributed by atoms with Crippen molar-refractivity contribution >= 4 is 53.0 Å². The van der Waals surface area contributed by atoms with Gasteiger partial charge in [0.1, 0.15) is 0 Å². The number of carbonyl (C=O) groups is 2. The molecule has 1 saturated heterocycles. The van der Waals surface area contributed by atoms with E-state index < -0.39 is 16.6 Å². The van der Waals surface area contributed by atoms with E-state index in [-0.39, 0.29) is 36.0 Å². The predicted octanol–water partition coefficient (Wildman–Crippen LogP) is 6.90. The van der Waals surface area contributed by atoms with Crippen LogP contribution in [0.15, 0.2) is 60.7 Å². The molecule has 3 N–H and O–H groups in total. The van der Waals surface area contributed by atoms with Crippen molar-refractivity contribution in [2.75, 3.05) is 41.0 Å². The highest BCUT2D eigenvalue weighted by atomic mass is 35.5. The van der Waals surface area contributed by atoms with Gasteiger partial charge in [-0.1, -0.05) is 66.5 Å². The maximum absolute atomic E-state index is 13.6. The summed E-state index contributed by atoms with van der Waals surface area (Å²) in [6.45, 7) is 4.10. The molecule has 3 aromatic rings. The van der Waals surface area contributed by atoms with Gasteiger partial charge in [0.25, 0.3) is 0 Å². The Kier molecular flexibility index (Phi) is 12.3. The van der Waals surface area contributed by atoms with Crippen LogP contribution in [-0.2, 0) is 15.6 Å². The molecule has 0 spiro atoms. The fourth-order valence-electron chi connectivity index (χ4n) is 6.06. The monoisotopic (exact) mass is 675 g/mol. The number of likely N-dealkylation sites (tertiary alicyclic amines) is 1. The summed E-state index contributed by atoms with van der Waals surface area (Å²) in [7, 11) is 4.45. The first kappa shape index (κ1) is 36.2. The van der Waals surface area contributed by atoms with Crippen molar-refractivity contribution in [2.45, 2.75) is 43.4 Å². The zero-order valence-corrected chi connectivity index (χ0v) is 28.3. The third kappa shape index (κ3) is 7.75. The molecule has 1 atom stereocenters. The van der Waals surface area contributed by atoms with Crippen LogP contribution in [0.1, 0.15) is 54.1 Å². The van der Waals surface area contributed by atoms with Gasteiger partial charge >= 0.3 is 0 Å². The minimum atomic E-state index is -0.695. The van der Waals surface area contributed by atoms with Gasteiger partial charge in [0.2, 0.25) is 17.4 Å². The Balaban J connectivity index is 0.00000552. The van der Waals surface area contributed by atoms with E-state index in [9.17, 15) is 9.59 Å². The maximum Gasteiger partial charge on any atom is 0.228 e. The third-order valence-corrected chi connectivity index (χ3v) is 9.61. The van der Waals surface area contributed by atoms with E-state index in [1.807, 2.05) is 49.4 Å². The number of methoxy groups -OCH3 is 3. The van der Waals surface area contributed by atoms with Crippen molar-refractivity contribution in [3.05, 3.63) is 87.4 Å². The van der Waals surface area contributed by atoms with Gasteiger partial charge in [-0.25, -0.2) is 0 Å². The molecule has 1 amide bonds. The van der Waals surface area contributed by atoms with Gasteiger partial charge in [-0.2, -0.15) is 0 Å². The number of amides is 1. The second-order valence-corrected chi connectivity index (χ2v) is 12.3. The van der Waals surface area contributed by atoms with Gasteiger partial charge in [0, 0.05) is 12.0 Å². The lowest BCUT2D eigenvalue weighted by atomic mass is 9.71. The van der Waals surface area contributed by atoms with Crippen molar-refractivity contribution in [1.82, 2.24) is 4.90 Å². The topological polar surface area (TPSA) is 115 Å². The SMILES string of the molecule is COc1cc(C(=O)C(=N)CC(C)(CCN2CCC(C(N)=O)(c3ccccc3)CC2)c2ccc(Cl)c(Cl)c2)cc(OC)c1OC.Cl. The molecule has 0 radical (unpaired) electrons. The molecule has 1 aliphatic heterocycles. The maximum atomic E-state index is 13.6. The molecule has 1 heterocycles. The number of nitrogens with zero attached hydrogens (tertiary/aromatic N) is 1. The smallest absolute Gasteiger partial charge is 0.228 e. The van der Waals surface area contributed by atoms with Gasteiger partial charge in [0.15, 0.2) is 11.5 Å². The number of ketones is 1. The van der Waals surface area contributed by atoms with Crippen LogP contribution in [0.25, 0.3) is 0 Å². The summed E-state index contributed by atoms with van der Waals surface area (Å²) in [6, 6.07) is 18.3. The lowest BCUT2D eigenvalue weighted by Crippen LogP contribution is -2.50. The van der Waals surface area contributed by atoms with E-state index in [2.05, 4.69) is 4.90 Å². The fourth-order valence-corrected chi connectivity index (χ4v) is 6.36. The molecule has 0 bridgehead atoms.